The number of carbonyl (C=O) groups is 1. The molecule has 3 N–H and O–H groups in total. The molecule has 1 aromatic carbocycles. The summed E-state index contributed by atoms with van der Waals surface area (Å²) in [5, 5.41) is 15.4. The third-order valence-electron chi connectivity index (χ3n) is 5.04. The summed E-state index contributed by atoms with van der Waals surface area (Å²) >= 11 is 0. The minimum absolute atomic E-state index is 0.152. The van der Waals surface area contributed by atoms with E-state index in [1.54, 1.807) is 6.92 Å². The number of fused-ring (bicyclic) bond motifs is 2. The van der Waals surface area contributed by atoms with E-state index in [-0.39, 0.29) is 6.03 Å². The Morgan fingerprint density at radius 1 is 1.38 bits per heavy atom. The normalized spacial score (nSPS) is 28.4. The zero-order valence-electron chi connectivity index (χ0n) is 12.5. The SMILES string of the molecule is CC(O)c1cccc(NC(=O)NCC2CC3CCC2C3)c1. The largest absolute Gasteiger partial charge is 0.389 e. The number of hydrogen-bond donors (Lipinski definition) is 3. The molecule has 0 heterocycles. The molecule has 0 aromatic heterocycles. The number of carbonyl (C=O) groups excluding carboxylic acids is 1. The molecule has 4 unspecified atom stereocenters. The number of rotatable bonds is 4. The smallest absolute Gasteiger partial charge is 0.319 e. The molecule has 1 aromatic rings. The molecule has 2 amide bonds. The Bertz CT molecular complexity index is 515. The lowest BCUT2D eigenvalue weighted by Crippen LogP contribution is -2.34. The Kier molecular flexibility index (Phi) is 4.15. The number of aliphatic hydroxyl groups excluding tert-OH is 1. The second-order valence-electron chi connectivity index (χ2n) is 6.57. The first kappa shape index (κ1) is 14.4. The van der Waals surface area contributed by atoms with Crippen LogP contribution in [0.25, 0.3) is 0 Å². The Morgan fingerprint density at radius 2 is 2.24 bits per heavy atom. The van der Waals surface area contributed by atoms with Crippen molar-refractivity contribution in [3.05, 3.63) is 29.8 Å². The van der Waals surface area contributed by atoms with Crippen LogP contribution in [0.5, 0.6) is 0 Å². The van der Waals surface area contributed by atoms with Gasteiger partial charge in [0, 0.05) is 12.2 Å². The van der Waals surface area contributed by atoms with Gasteiger partial charge >= 0.3 is 6.03 Å². The van der Waals surface area contributed by atoms with Crippen LogP contribution in [-0.2, 0) is 0 Å². The Morgan fingerprint density at radius 3 is 2.90 bits per heavy atom. The van der Waals surface area contributed by atoms with Crippen molar-refractivity contribution in [3.63, 3.8) is 0 Å². The average molecular weight is 288 g/mol. The summed E-state index contributed by atoms with van der Waals surface area (Å²) in [5.41, 5.74) is 1.53. The Hall–Kier alpha value is -1.55. The van der Waals surface area contributed by atoms with Crippen molar-refractivity contribution in [2.45, 2.75) is 38.7 Å². The first-order valence-corrected chi connectivity index (χ1v) is 7.94. The molecule has 4 atom stereocenters. The van der Waals surface area contributed by atoms with Crippen LogP contribution in [0.3, 0.4) is 0 Å². The summed E-state index contributed by atoms with van der Waals surface area (Å²) < 4.78 is 0. The minimum atomic E-state index is -0.524. The number of benzene rings is 1. The maximum absolute atomic E-state index is 12.0. The average Bonchev–Trinajstić information content (AvgIpc) is 3.08. The van der Waals surface area contributed by atoms with Gasteiger partial charge in [-0.2, -0.15) is 0 Å². The van der Waals surface area contributed by atoms with Gasteiger partial charge < -0.3 is 15.7 Å². The monoisotopic (exact) mass is 288 g/mol. The van der Waals surface area contributed by atoms with Gasteiger partial charge in [0.2, 0.25) is 0 Å². The number of hydrogen-bond acceptors (Lipinski definition) is 2. The Balaban J connectivity index is 1.49. The maximum atomic E-state index is 12.0. The van der Waals surface area contributed by atoms with Gasteiger partial charge in [0.15, 0.2) is 0 Å². The molecule has 114 valence electrons. The molecule has 0 radical (unpaired) electrons. The van der Waals surface area contributed by atoms with Crippen LogP contribution in [0, 0.1) is 17.8 Å². The summed E-state index contributed by atoms with van der Waals surface area (Å²) in [6.45, 7) is 2.50. The van der Waals surface area contributed by atoms with Gasteiger partial charge in [0.25, 0.3) is 0 Å². The molecule has 2 aliphatic carbocycles. The lowest BCUT2D eigenvalue weighted by molar-refractivity contribution is 0.199. The predicted octanol–water partition coefficient (Wildman–Crippen LogP) is 3.30. The van der Waals surface area contributed by atoms with Crippen molar-refractivity contribution in [2.75, 3.05) is 11.9 Å². The third kappa shape index (κ3) is 3.38. The van der Waals surface area contributed by atoms with Crippen LogP contribution in [0.1, 0.15) is 44.3 Å². The van der Waals surface area contributed by atoms with Crippen molar-refractivity contribution in [3.8, 4) is 0 Å². The summed E-state index contributed by atoms with van der Waals surface area (Å²) in [5.74, 6) is 2.40. The highest BCUT2D eigenvalue weighted by Crippen LogP contribution is 2.47. The highest BCUT2D eigenvalue weighted by atomic mass is 16.3. The highest BCUT2D eigenvalue weighted by molar-refractivity contribution is 5.89. The highest BCUT2D eigenvalue weighted by Gasteiger charge is 2.39. The van der Waals surface area contributed by atoms with Crippen LogP contribution in [0.4, 0.5) is 10.5 Å². The summed E-state index contributed by atoms with van der Waals surface area (Å²) in [7, 11) is 0. The van der Waals surface area contributed by atoms with Crippen molar-refractivity contribution < 1.29 is 9.90 Å². The van der Waals surface area contributed by atoms with Gasteiger partial charge in [-0.3, -0.25) is 0 Å². The molecule has 2 saturated carbocycles. The predicted molar refractivity (Wildman–Crippen MR) is 83.0 cm³/mol. The van der Waals surface area contributed by atoms with Gasteiger partial charge in [-0.15, -0.1) is 0 Å². The lowest BCUT2D eigenvalue weighted by Gasteiger charge is -2.22. The van der Waals surface area contributed by atoms with Crippen LogP contribution in [-0.4, -0.2) is 17.7 Å². The molecule has 0 saturated heterocycles. The molecular formula is C17H24N2O2. The van der Waals surface area contributed by atoms with Gasteiger partial charge in [-0.25, -0.2) is 4.79 Å². The zero-order valence-corrected chi connectivity index (χ0v) is 12.5. The molecule has 3 rings (SSSR count). The first-order valence-electron chi connectivity index (χ1n) is 7.94. The summed E-state index contributed by atoms with van der Waals surface area (Å²) in [4.78, 5) is 12.0. The first-order chi connectivity index (χ1) is 10.1. The van der Waals surface area contributed by atoms with Gasteiger partial charge in [0.05, 0.1) is 6.10 Å². The van der Waals surface area contributed by atoms with E-state index < -0.39 is 6.10 Å². The fraction of sp³-hybridized carbons (Fsp3) is 0.588. The van der Waals surface area contributed by atoms with Crippen LogP contribution in [0.15, 0.2) is 24.3 Å². The molecule has 0 aliphatic heterocycles. The van der Waals surface area contributed by atoms with E-state index in [1.165, 1.54) is 25.7 Å². The molecule has 2 aliphatic rings. The van der Waals surface area contributed by atoms with E-state index in [1.807, 2.05) is 24.3 Å². The quantitative estimate of drug-likeness (QED) is 0.796. The topological polar surface area (TPSA) is 61.4 Å². The fourth-order valence-electron chi connectivity index (χ4n) is 3.90. The lowest BCUT2D eigenvalue weighted by atomic mass is 9.89. The number of urea groups is 1. The van der Waals surface area contributed by atoms with Crippen molar-refractivity contribution >= 4 is 11.7 Å². The van der Waals surface area contributed by atoms with E-state index in [0.29, 0.717) is 5.92 Å². The molecule has 2 fully saturated rings. The van der Waals surface area contributed by atoms with Crippen molar-refractivity contribution in [1.82, 2.24) is 5.32 Å². The Labute approximate surface area is 125 Å². The second kappa shape index (κ2) is 6.06. The molecule has 4 heteroatoms. The summed E-state index contributed by atoms with van der Waals surface area (Å²) in [6, 6.07) is 7.18. The van der Waals surface area contributed by atoms with E-state index >= 15 is 0 Å². The van der Waals surface area contributed by atoms with Gasteiger partial charge in [0.1, 0.15) is 0 Å². The number of nitrogens with one attached hydrogen (secondary N) is 2. The minimum Gasteiger partial charge on any atom is -0.389 e. The van der Waals surface area contributed by atoms with Crippen molar-refractivity contribution in [2.24, 2.45) is 17.8 Å². The third-order valence-corrected chi connectivity index (χ3v) is 5.04. The van der Waals surface area contributed by atoms with Crippen molar-refractivity contribution in [1.29, 1.82) is 0 Å². The number of anilines is 1. The molecule has 21 heavy (non-hydrogen) atoms. The second-order valence-corrected chi connectivity index (χ2v) is 6.57. The molecule has 0 spiro atoms. The molecular weight excluding hydrogens is 264 g/mol. The van der Waals surface area contributed by atoms with Gasteiger partial charge in [-0.1, -0.05) is 18.6 Å². The van der Waals surface area contributed by atoms with Crippen LogP contribution < -0.4 is 10.6 Å². The number of amides is 2. The number of aliphatic hydroxyl groups is 1. The zero-order chi connectivity index (χ0) is 14.8. The van der Waals surface area contributed by atoms with Crippen LogP contribution in [0.2, 0.25) is 0 Å². The maximum Gasteiger partial charge on any atom is 0.319 e. The van der Waals surface area contributed by atoms with E-state index in [9.17, 15) is 9.90 Å². The van der Waals surface area contributed by atoms with E-state index in [2.05, 4.69) is 10.6 Å². The van der Waals surface area contributed by atoms with Crippen LogP contribution >= 0.6 is 0 Å². The van der Waals surface area contributed by atoms with E-state index in [4.69, 9.17) is 0 Å². The van der Waals surface area contributed by atoms with Gasteiger partial charge in [-0.05, 0) is 61.6 Å². The standard InChI is InChI=1S/C17H24N2O2/c1-11(20)13-3-2-4-16(9-13)19-17(21)18-10-15-8-12-5-6-14(15)7-12/h2-4,9,11-12,14-15,20H,5-8,10H2,1H3,(H2,18,19,21). The fourth-order valence-corrected chi connectivity index (χ4v) is 3.90. The molecule has 4 nitrogen and oxygen atoms in total. The molecule has 2 bridgehead atoms. The summed E-state index contributed by atoms with van der Waals surface area (Å²) in [6.07, 6.45) is 4.85. The van der Waals surface area contributed by atoms with E-state index in [0.717, 1.165) is 29.6 Å².